The fourth-order valence-electron chi connectivity index (χ4n) is 2.47. The second-order valence-corrected chi connectivity index (χ2v) is 4.49. The summed E-state index contributed by atoms with van der Waals surface area (Å²) in [7, 11) is 1.69. The molecule has 1 aliphatic heterocycles. The fraction of sp³-hybridized carbons (Fsp3) is 0.500. The van der Waals surface area contributed by atoms with E-state index < -0.39 is 0 Å². The molecule has 1 amide bonds. The van der Waals surface area contributed by atoms with Crippen LogP contribution in [0.15, 0.2) is 35.6 Å². The lowest BCUT2D eigenvalue weighted by atomic mass is 9.81. The summed E-state index contributed by atoms with van der Waals surface area (Å²) in [5.74, 6) is 1.15. The number of nitrogens with one attached hydrogen (secondary N) is 1. The second-order valence-electron chi connectivity index (χ2n) is 4.49. The van der Waals surface area contributed by atoms with E-state index in [1.165, 1.54) is 5.57 Å². The van der Waals surface area contributed by atoms with E-state index in [1.54, 1.807) is 13.2 Å². The Morgan fingerprint density at radius 2 is 2.29 bits per heavy atom. The molecule has 3 heteroatoms. The fourth-order valence-corrected chi connectivity index (χ4v) is 2.47. The highest BCUT2D eigenvalue weighted by Gasteiger charge is 2.33. The van der Waals surface area contributed by atoms with Crippen LogP contribution in [-0.2, 0) is 9.53 Å². The van der Waals surface area contributed by atoms with Gasteiger partial charge in [0.05, 0.1) is 19.1 Å². The summed E-state index contributed by atoms with van der Waals surface area (Å²) in [5.41, 5.74) is 1.19. The third kappa shape index (κ3) is 2.43. The van der Waals surface area contributed by atoms with Crippen molar-refractivity contribution in [1.82, 2.24) is 5.32 Å². The van der Waals surface area contributed by atoms with Gasteiger partial charge in [-0.2, -0.15) is 0 Å². The molecule has 1 heterocycles. The number of fused-ring (bicyclic) bond motifs is 1. The van der Waals surface area contributed by atoms with E-state index in [1.807, 2.05) is 18.2 Å². The maximum atomic E-state index is 11.6. The minimum absolute atomic E-state index is 0.0133. The Morgan fingerprint density at radius 1 is 1.47 bits per heavy atom. The van der Waals surface area contributed by atoms with E-state index >= 15 is 0 Å². The molecule has 0 bridgehead atoms. The van der Waals surface area contributed by atoms with Gasteiger partial charge in [0, 0.05) is 6.08 Å². The van der Waals surface area contributed by atoms with Crippen molar-refractivity contribution < 1.29 is 9.53 Å². The van der Waals surface area contributed by atoms with Crippen LogP contribution in [0, 0.1) is 5.92 Å². The Morgan fingerprint density at radius 3 is 3.00 bits per heavy atom. The van der Waals surface area contributed by atoms with Gasteiger partial charge in [-0.25, -0.2) is 0 Å². The largest absolute Gasteiger partial charge is 0.500 e. The molecule has 1 aliphatic carbocycles. The molecule has 2 rings (SSSR count). The number of rotatable bonds is 4. The van der Waals surface area contributed by atoms with Crippen molar-refractivity contribution in [3.8, 4) is 0 Å². The first-order valence-corrected chi connectivity index (χ1v) is 6.19. The summed E-state index contributed by atoms with van der Waals surface area (Å²) >= 11 is 0. The molecule has 1 N–H and O–H groups in total. The molecule has 0 saturated heterocycles. The van der Waals surface area contributed by atoms with E-state index in [2.05, 4.69) is 12.2 Å². The Hall–Kier alpha value is -1.51. The van der Waals surface area contributed by atoms with Crippen molar-refractivity contribution in [2.75, 3.05) is 7.11 Å². The van der Waals surface area contributed by atoms with E-state index in [-0.39, 0.29) is 17.9 Å². The van der Waals surface area contributed by atoms with Crippen molar-refractivity contribution in [3.63, 3.8) is 0 Å². The van der Waals surface area contributed by atoms with Crippen LogP contribution in [0.1, 0.15) is 26.2 Å². The van der Waals surface area contributed by atoms with E-state index in [9.17, 15) is 4.79 Å². The topological polar surface area (TPSA) is 38.3 Å². The molecule has 0 radical (unpaired) electrons. The van der Waals surface area contributed by atoms with Crippen molar-refractivity contribution >= 4 is 5.91 Å². The lowest BCUT2D eigenvalue weighted by Gasteiger charge is -2.34. The smallest absolute Gasteiger partial charge is 0.244 e. The number of hydrogen-bond acceptors (Lipinski definition) is 2. The van der Waals surface area contributed by atoms with Gasteiger partial charge >= 0.3 is 0 Å². The molecular formula is C14H19NO2. The summed E-state index contributed by atoms with van der Waals surface area (Å²) in [6.07, 6.45) is 10.9. The van der Waals surface area contributed by atoms with Gasteiger partial charge in [0.2, 0.25) is 5.91 Å². The Labute approximate surface area is 102 Å². The van der Waals surface area contributed by atoms with Crippen molar-refractivity contribution in [1.29, 1.82) is 0 Å². The summed E-state index contributed by atoms with van der Waals surface area (Å²) in [6, 6.07) is 0.0549. The average molecular weight is 233 g/mol. The molecule has 0 saturated carbocycles. The molecule has 0 spiro atoms. The van der Waals surface area contributed by atoms with Crippen LogP contribution < -0.4 is 5.32 Å². The number of carbonyl (C=O) groups is 1. The number of unbranched alkanes of at least 4 members (excludes halogenated alkanes) is 1. The van der Waals surface area contributed by atoms with Gasteiger partial charge in [-0.3, -0.25) is 4.79 Å². The van der Waals surface area contributed by atoms with Gasteiger partial charge < -0.3 is 10.1 Å². The molecule has 92 valence electrons. The predicted octanol–water partition coefficient (Wildman–Crippen LogP) is 2.32. The second kappa shape index (κ2) is 5.21. The minimum Gasteiger partial charge on any atom is -0.500 e. The minimum atomic E-state index is 0.0133. The van der Waals surface area contributed by atoms with Crippen LogP contribution in [0.2, 0.25) is 0 Å². The highest BCUT2D eigenvalue weighted by Crippen LogP contribution is 2.33. The Balaban J connectivity index is 2.25. The van der Waals surface area contributed by atoms with Crippen LogP contribution in [0.4, 0.5) is 0 Å². The molecular weight excluding hydrogens is 214 g/mol. The number of allylic oxidation sites excluding steroid dienone is 2. The van der Waals surface area contributed by atoms with E-state index in [0.29, 0.717) is 0 Å². The number of hydrogen-bond donors (Lipinski definition) is 1. The van der Waals surface area contributed by atoms with Crippen LogP contribution >= 0.6 is 0 Å². The summed E-state index contributed by atoms with van der Waals surface area (Å²) < 4.78 is 5.42. The number of methoxy groups -OCH3 is 1. The van der Waals surface area contributed by atoms with Crippen LogP contribution in [0.25, 0.3) is 0 Å². The first-order valence-electron chi connectivity index (χ1n) is 6.19. The molecule has 0 fully saturated rings. The first-order chi connectivity index (χ1) is 8.26. The molecule has 2 unspecified atom stereocenters. The number of carbonyl (C=O) groups excluding carboxylic acids is 1. The van der Waals surface area contributed by atoms with Crippen molar-refractivity contribution in [2.45, 2.75) is 32.2 Å². The van der Waals surface area contributed by atoms with Crippen LogP contribution in [-0.4, -0.2) is 19.1 Å². The summed E-state index contributed by atoms with van der Waals surface area (Å²) in [4.78, 5) is 11.6. The van der Waals surface area contributed by atoms with Gasteiger partial charge in [0.15, 0.2) is 0 Å². The summed E-state index contributed by atoms with van der Waals surface area (Å²) in [6.45, 7) is 2.16. The van der Waals surface area contributed by atoms with Gasteiger partial charge in [0.25, 0.3) is 0 Å². The molecule has 2 aliphatic rings. The molecule has 3 nitrogen and oxygen atoms in total. The normalized spacial score (nSPS) is 26.8. The maximum absolute atomic E-state index is 11.6. The van der Waals surface area contributed by atoms with Crippen LogP contribution in [0.3, 0.4) is 0 Å². The highest BCUT2D eigenvalue weighted by molar-refractivity contribution is 5.90. The standard InChI is InChI=1S/C14H19NO2/c1-3-4-6-10-9-13(16)15-11-7-5-8-12(17-2)14(10)11/h5,7-9,11,14H,3-4,6H2,1-2H3,(H,15,16). The Kier molecular flexibility index (Phi) is 3.67. The third-order valence-corrected chi connectivity index (χ3v) is 3.32. The van der Waals surface area contributed by atoms with E-state index in [4.69, 9.17) is 4.74 Å². The maximum Gasteiger partial charge on any atom is 0.244 e. The zero-order valence-electron chi connectivity index (χ0n) is 10.4. The van der Waals surface area contributed by atoms with Gasteiger partial charge in [-0.05, 0) is 18.9 Å². The van der Waals surface area contributed by atoms with Crippen molar-refractivity contribution in [3.05, 3.63) is 35.6 Å². The SMILES string of the molecule is CCCCC1=CC(=O)NC2C=CC=C(OC)C12. The number of amides is 1. The zero-order chi connectivity index (χ0) is 12.3. The van der Waals surface area contributed by atoms with Gasteiger partial charge in [-0.15, -0.1) is 0 Å². The monoisotopic (exact) mass is 233 g/mol. The third-order valence-electron chi connectivity index (χ3n) is 3.32. The van der Waals surface area contributed by atoms with E-state index in [0.717, 1.165) is 25.0 Å². The first kappa shape index (κ1) is 12.0. The molecule has 17 heavy (non-hydrogen) atoms. The quantitative estimate of drug-likeness (QED) is 0.809. The zero-order valence-corrected chi connectivity index (χ0v) is 10.4. The molecule has 2 atom stereocenters. The average Bonchev–Trinajstić information content (AvgIpc) is 2.34. The highest BCUT2D eigenvalue weighted by atomic mass is 16.5. The van der Waals surface area contributed by atoms with Gasteiger partial charge in [-0.1, -0.05) is 31.1 Å². The number of ether oxygens (including phenoxy) is 1. The molecule has 0 aromatic rings. The van der Waals surface area contributed by atoms with Crippen molar-refractivity contribution in [2.24, 2.45) is 5.92 Å². The molecule has 0 aromatic heterocycles. The Bertz CT molecular complexity index is 393. The summed E-state index contributed by atoms with van der Waals surface area (Å²) in [5, 5.41) is 2.97. The lowest BCUT2D eigenvalue weighted by Crippen LogP contribution is -2.44. The predicted molar refractivity (Wildman–Crippen MR) is 67.3 cm³/mol. The molecule has 0 aromatic carbocycles. The van der Waals surface area contributed by atoms with Gasteiger partial charge in [0.1, 0.15) is 5.76 Å². The lowest BCUT2D eigenvalue weighted by molar-refractivity contribution is -0.117. The van der Waals surface area contributed by atoms with Crippen LogP contribution in [0.5, 0.6) is 0 Å².